The number of hydrogen-bond donors (Lipinski definition) is 1. The molecule has 0 unspecified atom stereocenters. The van der Waals surface area contributed by atoms with Gasteiger partial charge in [-0.15, -0.1) is 0 Å². The van der Waals surface area contributed by atoms with Gasteiger partial charge in [0.25, 0.3) is 5.91 Å². The van der Waals surface area contributed by atoms with Crippen molar-refractivity contribution in [1.82, 2.24) is 0 Å². The second-order valence-electron chi connectivity index (χ2n) is 7.53. The molecule has 158 valence electrons. The van der Waals surface area contributed by atoms with E-state index in [0.29, 0.717) is 11.4 Å². The fourth-order valence-corrected chi connectivity index (χ4v) is 3.68. The zero-order chi connectivity index (χ0) is 21.8. The third-order valence-electron chi connectivity index (χ3n) is 5.13. The first-order valence-electron chi connectivity index (χ1n) is 9.77. The summed E-state index contributed by atoms with van der Waals surface area (Å²) in [5, 5.41) is 2.80. The molecule has 3 rings (SSSR count). The second kappa shape index (κ2) is 8.98. The molecule has 1 aliphatic heterocycles. The maximum Gasteiger partial charge on any atom is 0.311 e. The number of carbonyl (C=O) groups is 3. The average molecular weight is 410 g/mol. The fraction of sp³-hybridized carbons (Fsp3) is 0.348. The van der Waals surface area contributed by atoms with Crippen LogP contribution in [0.1, 0.15) is 23.1 Å². The largest absolute Gasteiger partial charge is 0.497 e. The number of carbonyl (C=O) groups excluding carboxylic acids is 3. The zero-order valence-electron chi connectivity index (χ0n) is 17.7. The molecule has 1 atom stereocenters. The Hall–Kier alpha value is -3.35. The minimum absolute atomic E-state index is 0.0582. The van der Waals surface area contributed by atoms with Crippen LogP contribution in [0.5, 0.6) is 5.75 Å². The predicted octanol–water partition coefficient (Wildman–Crippen LogP) is 3.16. The first-order chi connectivity index (χ1) is 14.3. The molecule has 7 nitrogen and oxygen atoms in total. The Morgan fingerprint density at radius 1 is 1.10 bits per heavy atom. The lowest BCUT2D eigenvalue weighted by atomic mass is 10.1. The van der Waals surface area contributed by atoms with Crippen molar-refractivity contribution in [2.45, 2.75) is 27.2 Å². The summed E-state index contributed by atoms with van der Waals surface area (Å²) in [4.78, 5) is 38.5. The topological polar surface area (TPSA) is 84.9 Å². The summed E-state index contributed by atoms with van der Waals surface area (Å²) < 4.78 is 10.3. The highest BCUT2D eigenvalue weighted by Crippen LogP contribution is 2.27. The van der Waals surface area contributed by atoms with E-state index >= 15 is 0 Å². The Bertz CT molecular complexity index is 945. The molecular weight excluding hydrogens is 384 g/mol. The molecule has 0 bridgehead atoms. The van der Waals surface area contributed by atoms with Crippen LogP contribution in [0.25, 0.3) is 0 Å². The van der Waals surface area contributed by atoms with Crippen molar-refractivity contribution in [2.24, 2.45) is 5.92 Å². The number of ether oxygens (including phenoxy) is 2. The smallest absolute Gasteiger partial charge is 0.311 e. The number of amides is 2. The highest BCUT2D eigenvalue weighted by atomic mass is 16.5. The van der Waals surface area contributed by atoms with Crippen molar-refractivity contribution in [2.75, 3.05) is 30.5 Å². The Kier molecular flexibility index (Phi) is 6.40. The molecule has 1 saturated heterocycles. The van der Waals surface area contributed by atoms with E-state index < -0.39 is 24.4 Å². The van der Waals surface area contributed by atoms with Gasteiger partial charge in [0.2, 0.25) is 5.91 Å². The third kappa shape index (κ3) is 4.79. The van der Waals surface area contributed by atoms with Crippen molar-refractivity contribution in [3.8, 4) is 5.75 Å². The van der Waals surface area contributed by atoms with Crippen molar-refractivity contribution in [1.29, 1.82) is 0 Å². The van der Waals surface area contributed by atoms with Gasteiger partial charge in [0.15, 0.2) is 6.61 Å². The normalized spacial score (nSPS) is 15.8. The van der Waals surface area contributed by atoms with E-state index in [1.165, 1.54) is 0 Å². The van der Waals surface area contributed by atoms with Crippen LogP contribution >= 0.6 is 0 Å². The van der Waals surface area contributed by atoms with Crippen LogP contribution in [0.4, 0.5) is 11.4 Å². The summed E-state index contributed by atoms with van der Waals surface area (Å²) in [6.07, 6.45) is 0.0582. The van der Waals surface area contributed by atoms with Crippen LogP contribution in [-0.2, 0) is 19.1 Å². The van der Waals surface area contributed by atoms with Crippen LogP contribution in [0.2, 0.25) is 0 Å². The Labute approximate surface area is 176 Å². The highest BCUT2D eigenvalue weighted by Gasteiger charge is 2.36. The van der Waals surface area contributed by atoms with Crippen molar-refractivity contribution in [3.63, 3.8) is 0 Å². The number of aryl methyl sites for hydroxylation is 3. The highest BCUT2D eigenvalue weighted by molar-refractivity contribution is 6.00. The van der Waals surface area contributed by atoms with Crippen LogP contribution < -0.4 is 15.0 Å². The lowest BCUT2D eigenvalue weighted by molar-refractivity contribution is -0.151. The van der Waals surface area contributed by atoms with Gasteiger partial charge in [-0.1, -0.05) is 17.7 Å². The molecule has 7 heteroatoms. The molecule has 1 aliphatic rings. The summed E-state index contributed by atoms with van der Waals surface area (Å²) >= 11 is 0. The molecular formula is C23H26N2O5. The molecule has 0 radical (unpaired) electrons. The Morgan fingerprint density at radius 3 is 2.33 bits per heavy atom. The predicted molar refractivity (Wildman–Crippen MR) is 114 cm³/mol. The minimum Gasteiger partial charge on any atom is -0.497 e. The molecule has 1 fully saturated rings. The molecule has 2 aromatic rings. The third-order valence-corrected chi connectivity index (χ3v) is 5.13. The maximum absolute atomic E-state index is 12.4. The van der Waals surface area contributed by atoms with E-state index in [9.17, 15) is 14.4 Å². The summed E-state index contributed by atoms with van der Waals surface area (Å²) in [5.41, 5.74) is 4.43. The Balaban J connectivity index is 1.55. The Morgan fingerprint density at radius 2 is 1.73 bits per heavy atom. The van der Waals surface area contributed by atoms with Crippen LogP contribution in [0.3, 0.4) is 0 Å². The summed E-state index contributed by atoms with van der Waals surface area (Å²) in [5.74, 6) is -1.03. The van der Waals surface area contributed by atoms with Crippen LogP contribution in [0, 0.1) is 26.7 Å². The van der Waals surface area contributed by atoms with E-state index in [1.807, 2.05) is 32.9 Å². The van der Waals surface area contributed by atoms with E-state index in [2.05, 4.69) is 5.32 Å². The molecule has 2 amide bonds. The first-order valence-corrected chi connectivity index (χ1v) is 9.77. The van der Waals surface area contributed by atoms with E-state index in [0.717, 1.165) is 22.4 Å². The summed E-state index contributed by atoms with van der Waals surface area (Å²) in [6.45, 7) is 5.66. The van der Waals surface area contributed by atoms with E-state index in [-0.39, 0.29) is 18.9 Å². The van der Waals surface area contributed by atoms with E-state index in [4.69, 9.17) is 9.47 Å². The number of rotatable bonds is 6. The maximum atomic E-state index is 12.4. The monoisotopic (exact) mass is 410 g/mol. The number of nitrogens with one attached hydrogen (secondary N) is 1. The summed E-state index contributed by atoms with van der Waals surface area (Å²) in [6, 6.07) is 11.0. The number of esters is 1. The SMILES string of the molecule is COc1ccc(N2C[C@@H](C(=O)OCC(=O)Nc3c(C)cc(C)cc3C)CC2=O)cc1. The van der Waals surface area contributed by atoms with Gasteiger partial charge in [0.1, 0.15) is 5.75 Å². The van der Waals surface area contributed by atoms with Gasteiger partial charge in [-0.2, -0.15) is 0 Å². The van der Waals surface area contributed by atoms with Gasteiger partial charge in [-0.3, -0.25) is 14.4 Å². The average Bonchev–Trinajstić information content (AvgIpc) is 3.10. The van der Waals surface area contributed by atoms with Gasteiger partial charge in [0, 0.05) is 24.3 Å². The lowest BCUT2D eigenvalue weighted by Crippen LogP contribution is -2.28. The van der Waals surface area contributed by atoms with Crippen molar-refractivity contribution >= 4 is 29.2 Å². The van der Waals surface area contributed by atoms with Gasteiger partial charge >= 0.3 is 5.97 Å². The molecule has 0 spiro atoms. The lowest BCUT2D eigenvalue weighted by Gasteiger charge is -2.17. The fourth-order valence-electron chi connectivity index (χ4n) is 3.68. The van der Waals surface area contributed by atoms with Gasteiger partial charge in [-0.05, 0) is 56.2 Å². The van der Waals surface area contributed by atoms with Gasteiger partial charge < -0.3 is 19.7 Å². The molecule has 1 heterocycles. The summed E-state index contributed by atoms with van der Waals surface area (Å²) in [7, 11) is 1.57. The zero-order valence-corrected chi connectivity index (χ0v) is 17.7. The molecule has 0 aliphatic carbocycles. The number of anilines is 2. The molecule has 0 aromatic heterocycles. The standard InChI is InChI=1S/C23H26N2O5/c1-14-9-15(2)22(16(3)10-14)24-20(26)13-30-23(28)17-11-21(27)25(12-17)18-5-7-19(29-4)8-6-18/h5-10,17H,11-13H2,1-4H3,(H,24,26)/t17-/m0/s1. The number of benzene rings is 2. The number of hydrogen-bond acceptors (Lipinski definition) is 5. The van der Waals surface area contributed by atoms with Crippen molar-refractivity contribution in [3.05, 3.63) is 53.1 Å². The quantitative estimate of drug-likeness (QED) is 0.740. The minimum atomic E-state index is -0.602. The molecule has 30 heavy (non-hydrogen) atoms. The van der Waals surface area contributed by atoms with Crippen LogP contribution in [0.15, 0.2) is 36.4 Å². The van der Waals surface area contributed by atoms with Gasteiger partial charge in [0.05, 0.1) is 13.0 Å². The molecule has 0 saturated carbocycles. The second-order valence-corrected chi connectivity index (χ2v) is 7.53. The van der Waals surface area contributed by atoms with Crippen LogP contribution in [-0.4, -0.2) is 38.0 Å². The number of methoxy groups -OCH3 is 1. The van der Waals surface area contributed by atoms with Gasteiger partial charge in [-0.25, -0.2) is 0 Å². The molecule has 1 N–H and O–H groups in total. The number of nitrogens with zero attached hydrogens (tertiary/aromatic N) is 1. The molecule has 2 aromatic carbocycles. The first kappa shape index (κ1) is 21.4. The van der Waals surface area contributed by atoms with Crippen molar-refractivity contribution < 1.29 is 23.9 Å². The van der Waals surface area contributed by atoms with E-state index in [1.54, 1.807) is 36.3 Å².